The van der Waals surface area contributed by atoms with Gasteiger partial charge in [0.15, 0.2) is 0 Å². The minimum Gasteiger partial charge on any atom is -0.481 e. The highest BCUT2D eigenvalue weighted by atomic mass is 16.5. The van der Waals surface area contributed by atoms with Gasteiger partial charge < -0.3 is 25.8 Å². The van der Waals surface area contributed by atoms with Crippen LogP contribution in [0.1, 0.15) is 37.6 Å². The second kappa shape index (κ2) is 9.03. The molecule has 3 amide bonds. The van der Waals surface area contributed by atoms with E-state index in [1.807, 2.05) is 13.8 Å². The van der Waals surface area contributed by atoms with Crippen LogP contribution in [-0.2, 0) is 9.53 Å². The molecule has 1 aromatic carbocycles. The molecule has 0 spiro atoms. The zero-order chi connectivity index (χ0) is 19.0. The first kappa shape index (κ1) is 20.4. The summed E-state index contributed by atoms with van der Waals surface area (Å²) in [5, 5.41) is 17.0. The molecule has 0 saturated carbocycles. The maximum absolute atomic E-state index is 12.3. The van der Waals surface area contributed by atoms with Crippen molar-refractivity contribution in [2.45, 2.75) is 38.8 Å². The number of carboxylic acids is 1. The van der Waals surface area contributed by atoms with Gasteiger partial charge in [-0.25, -0.2) is 4.79 Å². The number of carbonyl (C=O) groups excluding carboxylic acids is 2. The van der Waals surface area contributed by atoms with Crippen molar-refractivity contribution in [2.75, 3.05) is 19.0 Å². The predicted molar refractivity (Wildman–Crippen MR) is 93.7 cm³/mol. The lowest BCUT2D eigenvalue weighted by molar-refractivity contribution is -0.139. The van der Waals surface area contributed by atoms with E-state index >= 15 is 0 Å². The first-order valence-electron chi connectivity index (χ1n) is 7.86. The van der Waals surface area contributed by atoms with Gasteiger partial charge in [-0.3, -0.25) is 9.59 Å². The molecule has 0 saturated heterocycles. The summed E-state index contributed by atoms with van der Waals surface area (Å²) in [6.45, 7) is 5.37. The number of amides is 3. The molecule has 1 unspecified atom stereocenters. The van der Waals surface area contributed by atoms with Crippen LogP contribution in [0.2, 0.25) is 0 Å². The summed E-state index contributed by atoms with van der Waals surface area (Å²) in [6.07, 6.45) is -0.262. The summed E-state index contributed by atoms with van der Waals surface area (Å²) in [4.78, 5) is 34.9. The van der Waals surface area contributed by atoms with Crippen molar-refractivity contribution in [3.8, 4) is 0 Å². The van der Waals surface area contributed by atoms with Crippen LogP contribution in [-0.4, -0.2) is 48.3 Å². The summed E-state index contributed by atoms with van der Waals surface area (Å²) < 4.78 is 5.01. The molecule has 8 nitrogen and oxygen atoms in total. The molecule has 1 rings (SSSR count). The van der Waals surface area contributed by atoms with Gasteiger partial charge in [-0.15, -0.1) is 0 Å². The highest BCUT2D eigenvalue weighted by molar-refractivity contribution is 5.96. The van der Waals surface area contributed by atoms with Crippen molar-refractivity contribution < 1.29 is 24.2 Å². The number of nitrogens with one attached hydrogen (secondary N) is 3. The second-order valence-corrected chi connectivity index (χ2v) is 6.35. The van der Waals surface area contributed by atoms with Crippen molar-refractivity contribution in [1.29, 1.82) is 0 Å². The third-order valence-corrected chi connectivity index (χ3v) is 3.24. The Balaban J connectivity index is 2.75. The number of ether oxygens (including phenoxy) is 1. The Hall–Kier alpha value is -2.61. The summed E-state index contributed by atoms with van der Waals surface area (Å²) in [5.74, 6) is -1.45. The van der Waals surface area contributed by atoms with Gasteiger partial charge in [0, 0.05) is 24.4 Å². The van der Waals surface area contributed by atoms with Crippen LogP contribution >= 0.6 is 0 Å². The Morgan fingerprint density at radius 1 is 1.20 bits per heavy atom. The Labute approximate surface area is 146 Å². The van der Waals surface area contributed by atoms with Crippen molar-refractivity contribution in [3.05, 3.63) is 29.8 Å². The largest absolute Gasteiger partial charge is 0.481 e. The van der Waals surface area contributed by atoms with Crippen molar-refractivity contribution in [3.63, 3.8) is 0 Å². The average molecular weight is 351 g/mol. The molecule has 1 atom stereocenters. The van der Waals surface area contributed by atoms with E-state index in [1.165, 1.54) is 7.11 Å². The van der Waals surface area contributed by atoms with E-state index in [0.717, 1.165) is 0 Å². The van der Waals surface area contributed by atoms with E-state index in [4.69, 9.17) is 9.84 Å². The maximum Gasteiger partial charge on any atom is 0.319 e. The Morgan fingerprint density at radius 2 is 1.80 bits per heavy atom. The zero-order valence-electron chi connectivity index (χ0n) is 14.9. The lowest BCUT2D eigenvalue weighted by Crippen LogP contribution is -2.50. The minimum atomic E-state index is -1.03. The zero-order valence-corrected chi connectivity index (χ0v) is 14.9. The lowest BCUT2D eigenvalue weighted by atomic mass is 9.98. The molecule has 8 heteroatoms. The fraction of sp³-hybridized carbons (Fsp3) is 0.471. The van der Waals surface area contributed by atoms with Gasteiger partial charge in [-0.1, -0.05) is 0 Å². The average Bonchev–Trinajstić information content (AvgIpc) is 2.45. The van der Waals surface area contributed by atoms with Crippen LogP contribution in [0.5, 0.6) is 0 Å². The minimum absolute atomic E-state index is 0.0118. The summed E-state index contributed by atoms with van der Waals surface area (Å²) in [5.41, 5.74) is -0.131. The van der Waals surface area contributed by atoms with E-state index in [2.05, 4.69) is 16.0 Å². The first-order valence-corrected chi connectivity index (χ1v) is 7.86. The molecule has 0 aliphatic heterocycles. The molecular formula is C17H25N3O5. The van der Waals surface area contributed by atoms with Gasteiger partial charge in [0.1, 0.15) is 0 Å². The number of rotatable bonds is 8. The van der Waals surface area contributed by atoms with E-state index in [-0.39, 0.29) is 25.1 Å². The third kappa shape index (κ3) is 7.21. The van der Waals surface area contributed by atoms with Crippen LogP contribution < -0.4 is 16.0 Å². The molecule has 138 valence electrons. The molecular weight excluding hydrogens is 326 g/mol. The number of methoxy groups -OCH3 is 1. The third-order valence-electron chi connectivity index (χ3n) is 3.24. The molecule has 0 bridgehead atoms. The number of hydrogen-bond donors (Lipinski definition) is 4. The Kier molecular flexibility index (Phi) is 7.38. The Bertz CT molecular complexity index is 615. The van der Waals surface area contributed by atoms with Gasteiger partial charge in [-0.2, -0.15) is 0 Å². The molecule has 25 heavy (non-hydrogen) atoms. The molecule has 0 heterocycles. The molecule has 0 aromatic heterocycles. The van der Waals surface area contributed by atoms with E-state index < -0.39 is 17.4 Å². The standard InChI is InChI=1S/C17H25N3O5/c1-11(2)18-16(24)19-13-7-5-12(6-8-13)15(23)20-17(3,10-25-4)9-14(21)22/h5-8,11H,9-10H2,1-4H3,(H,20,23)(H,21,22)(H2,18,19,24). The van der Waals surface area contributed by atoms with Crippen LogP contribution in [0.25, 0.3) is 0 Å². The highest BCUT2D eigenvalue weighted by Crippen LogP contribution is 2.14. The van der Waals surface area contributed by atoms with Gasteiger partial charge in [0.25, 0.3) is 5.91 Å². The Morgan fingerprint density at radius 3 is 2.28 bits per heavy atom. The molecule has 0 aliphatic carbocycles. The van der Waals surface area contributed by atoms with Crippen LogP contribution in [0.4, 0.5) is 10.5 Å². The first-order chi connectivity index (χ1) is 11.6. The normalized spacial score (nSPS) is 13.0. The SMILES string of the molecule is COCC(C)(CC(=O)O)NC(=O)c1ccc(NC(=O)NC(C)C)cc1. The monoisotopic (exact) mass is 351 g/mol. The quantitative estimate of drug-likeness (QED) is 0.570. The van der Waals surface area contributed by atoms with E-state index in [9.17, 15) is 14.4 Å². The number of hydrogen-bond acceptors (Lipinski definition) is 4. The number of carbonyl (C=O) groups is 3. The van der Waals surface area contributed by atoms with Gasteiger partial charge >= 0.3 is 12.0 Å². The molecule has 0 aliphatic rings. The number of anilines is 1. The number of carboxylic acid groups (broad SMARTS) is 1. The van der Waals surface area contributed by atoms with Crippen molar-refractivity contribution in [1.82, 2.24) is 10.6 Å². The summed E-state index contributed by atoms with van der Waals surface area (Å²) >= 11 is 0. The van der Waals surface area contributed by atoms with Gasteiger partial charge in [-0.05, 0) is 45.0 Å². The molecule has 4 N–H and O–H groups in total. The van der Waals surface area contributed by atoms with Crippen LogP contribution in [0.15, 0.2) is 24.3 Å². The fourth-order valence-corrected chi connectivity index (χ4v) is 2.26. The van der Waals surface area contributed by atoms with Crippen molar-refractivity contribution in [2.24, 2.45) is 0 Å². The van der Waals surface area contributed by atoms with Gasteiger partial charge in [0.05, 0.1) is 18.6 Å². The molecule has 1 aromatic rings. The predicted octanol–water partition coefficient (Wildman–Crippen LogP) is 1.83. The van der Waals surface area contributed by atoms with Crippen LogP contribution in [0, 0.1) is 0 Å². The van der Waals surface area contributed by atoms with E-state index in [0.29, 0.717) is 11.3 Å². The number of urea groups is 1. The number of benzene rings is 1. The highest BCUT2D eigenvalue weighted by Gasteiger charge is 2.29. The smallest absolute Gasteiger partial charge is 0.319 e. The summed E-state index contributed by atoms with van der Waals surface area (Å²) in [6, 6.07) is 5.97. The molecule has 0 radical (unpaired) electrons. The molecule has 0 fully saturated rings. The summed E-state index contributed by atoms with van der Waals surface area (Å²) in [7, 11) is 1.44. The second-order valence-electron chi connectivity index (χ2n) is 6.35. The maximum atomic E-state index is 12.3. The van der Waals surface area contributed by atoms with Crippen LogP contribution in [0.3, 0.4) is 0 Å². The van der Waals surface area contributed by atoms with Gasteiger partial charge in [0.2, 0.25) is 0 Å². The fourth-order valence-electron chi connectivity index (χ4n) is 2.26. The number of aliphatic carboxylic acids is 1. The van der Waals surface area contributed by atoms with Crippen molar-refractivity contribution >= 4 is 23.6 Å². The van der Waals surface area contributed by atoms with E-state index in [1.54, 1.807) is 31.2 Å². The topological polar surface area (TPSA) is 117 Å². The lowest BCUT2D eigenvalue weighted by Gasteiger charge is -2.28.